The van der Waals surface area contributed by atoms with Gasteiger partial charge in [-0.25, -0.2) is 0 Å². The van der Waals surface area contributed by atoms with Crippen LogP contribution in [0.25, 0.3) is 0 Å². The minimum absolute atomic E-state index is 0.133. The average molecular weight is 183 g/mol. The SMILES string of the molecule is NCCCCC(=O)C1=CCCCO1. The van der Waals surface area contributed by atoms with Crippen LogP contribution in [-0.2, 0) is 9.53 Å². The summed E-state index contributed by atoms with van der Waals surface area (Å²) in [5, 5.41) is 0. The standard InChI is InChI=1S/C10H17NO2/c11-7-3-1-5-9(12)10-6-2-4-8-13-10/h6H,1-5,7-8,11H2. The number of ether oxygens (including phenoxy) is 1. The molecular formula is C10H17NO2. The molecule has 3 heteroatoms. The summed E-state index contributed by atoms with van der Waals surface area (Å²) in [7, 11) is 0. The highest BCUT2D eigenvalue weighted by molar-refractivity contribution is 5.93. The van der Waals surface area contributed by atoms with Gasteiger partial charge in [-0.3, -0.25) is 4.79 Å². The second-order valence-electron chi connectivity index (χ2n) is 3.23. The van der Waals surface area contributed by atoms with Crippen LogP contribution in [0.5, 0.6) is 0 Å². The van der Waals surface area contributed by atoms with Crippen LogP contribution in [0.1, 0.15) is 32.1 Å². The molecule has 2 N–H and O–H groups in total. The number of unbranched alkanes of at least 4 members (excludes halogenated alkanes) is 1. The first kappa shape index (κ1) is 10.3. The lowest BCUT2D eigenvalue weighted by Gasteiger charge is -2.13. The molecule has 0 atom stereocenters. The molecular weight excluding hydrogens is 166 g/mol. The summed E-state index contributed by atoms with van der Waals surface area (Å²) >= 11 is 0. The Bertz CT molecular complexity index is 199. The van der Waals surface area contributed by atoms with Crippen molar-refractivity contribution in [3.8, 4) is 0 Å². The molecule has 0 unspecified atom stereocenters. The Balaban J connectivity index is 2.25. The first-order chi connectivity index (χ1) is 6.34. The Morgan fingerprint density at radius 1 is 1.54 bits per heavy atom. The zero-order chi connectivity index (χ0) is 9.52. The Kier molecular flexibility index (Phi) is 4.54. The third-order valence-corrected chi connectivity index (χ3v) is 2.07. The molecule has 1 aliphatic heterocycles. The van der Waals surface area contributed by atoms with Crippen molar-refractivity contribution in [1.29, 1.82) is 0 Å². The van der Waals surface area contributed by atoms with Gasteiger partial charge in [0.2, 0.25) is 0 Å². The molecule has 0 spiro atoms. The molecule has 0 saturated heterocycles. The number of hydrogen-bond acceptors (Lipinski definition) is 3. The Hall–Kier alpha value is -0.830. The first-order valence-electron chi connectivity index (χ1n) is 4.91. The molecule has 0 fully saturated rings. The van der Waals surface area contributed by atoms with Crippen LogP contribution >= 0.6 is 0 Å². The van der Waals surface area contributed by atoms with E-state index in [0.29, 0.717) is 25.3 Å². The number of hydrogen-bond donors (Lipinski definition) is 1. The first-order valence-corrected chi connectivity index (χ1v) is 4.91. The van der Waals surface area contributed by atoms with E-state index < -0.39 is 0 Å². The number of Topliss-reactive ketones (excluding diaryl/α,β-unsaturated/α-hetero) is 1. The number of nitrogens with two attached hydrogens (primary N) is 1. The lowest BCUT2D eigenvalue weighted by atomic mass is 10.1. The van der Waals surface area contributed by atoms with Gasteiger partial charge >= 0.3 is 0 Å². The molecule has 3 nitrogen and oxygen atoms in total. The van der Waals surface area contributed by atoms with Crippen molar-refractivity contribution in [2.75, 3.05) is 13.2 Å². The second kappa shape index (κ2) is 5.75. The fourth-order valence-electron chi connectivity index (χ4n) is 1.30. The van der Waals surface area contributed by atoms with Gasteiger partial charge in [0.1, 0.15) is 0 Å². The van der Waals surface area contributed by atoms with Crippen LogP contribution in [0, 0.1) is 0 Å². The van der Waals surface area contributed by atoms with E-state index in [1.807, 2.05) is 6.08 Å². The van der Waals surface area contributed by atoms with E-state index in [-0.39, 0.29) is 5.78 Å². The van der Waals surface area contributed by atoms with Crippen LogP contribution in [0.4, 0.5) is 0 Å². The maximum absolute atomic E-state index is 11.4. The van der Waals surface area contributed by atoms with Gasteiger partial charge in [0, 0.05) is 6.42 Å². The van der Waals surface area contributed by atoms with Crippen molar-refractivity contribution in [2.45, 2.75) is 32.1 Å². The molecule has 1 rings (SSSR count). The molecule has 0 aromatic carbocycles. The van der Waals surface area contributed by atoms with Gasteiger partial charge in [-0.2, -0.15) is 0 Å². The zero-order valence-corrected chi connectivity index (χ0v) is 7.92. The van der Waals surface area contributed by atoms with Gasteiger partial charge < -0.3 is 10.5 Å². The van der Waals surface area contributed by atoms with Gasteiger partial charge in [0.05, 0.1) is 6.61 Å². The van der Waals surface area contributed by atoms with Gasteiger partial charge in [0.25, 0.3) is 0 Å². The van der Waals surface area contributed by atoms with E-state index in [4.69, 9.17) is 10.5 Å². The van der Waals surface area contributed by atoms with E-state index in [1.165, 1.54) is 0 Å². The van der Waals surface area contributed by atoms with Crippen molar-refractivity contribution < 1.29 is 9.53 Å². The molecule has 0 radical (unpaired) electrons. The third kappa shape index (κ3) is 3.59. The highest BCUT2D eigenvalue weighted by Gasteiger charge is 2.12. The highest BCUT2D eigenvalue weighted by atomic mass is 16.5. The molecule has 1 aliphatic rings. The molecule has 1 heterocycles. The van der Waals surface area contributed by atoms with Crippen LogP contribution in [-0.4, -0.2) is 18.9 Å². The Morgan fingerprint density at radius 3 is 3.00 bits per heavy atom. The Labute approximate surface area is 78.9 Å². The van der Waals surface area contributed by atoms with E-state index in [0.717, 1.165) is 25.7 Å². The summed E-state index contributed by atoms with van der Waals surface area (Å²) in [4.78, 5) is 11.4. The van der Waals surface area contributed by atoms with Crippen LogP contribution in [0.3, 0.4) is 0 Å². The fraction of sp³-hybridized carbons (Fsp3) is 0.700. The van der Waals surface area contributed by atoms with Crippen molar-refractivity contribution in [1.82, 2.24) is 0 Å². The smallest absolute Gasteiger partial charge is 0.197 e. The lowest BCUT2D eigenvalue weighted by molar-refractivity contribution is -0.119. The number of allylic oxidation sites excluding steroid dienone is 2. The number of rotatable bonds is 5. The molecule has 13 heavy (non-hydrogen) atoms. The van der Waals surface area contributed by atoms with Crippen LogP contribution in [0.2, 0.25) is 0 Å². The van der Waals surface area contributed by atoms with Gasteiger partial charge in [0.15, 0.2) is 11.5 Å². The summed E-state index contributed by atoms with van der Waals surface area (Å²) in [5.41, 5.74) is 5.34. The summed E-state index contributed by atoms with van der Waals surface area (Å²) in [5.74, 6) is 0.705. The van der Waals surface area contributed by atoms with E-state index in [1.54, 1.807) is 0 Å². The van der Waals surface area contributed by atoms with Crippen molar-refractivity contribution in [3.63, 3.8) is 0 Å². The lowest BCUT2D eigenvalue weighted by Crippen LogP contribution is -2.11. The summed E-state index contributed by atoms with van der Waals surface area (Å²) in [6, 6.07) is 0. The average Bonchev–Trinajstić information content (AvgIpc) is 2.19. The molecule has 0 aromatic rings. The minimum Gasteiger partial charge on any atom is -0.490 e. The predicted molar refractivity (Wildman–Crippen MR) is 51.2 cm³/mol. The van der Waals surface area contributed by atoms with E-state index in [9.17, 15) is 4.79 Å². The van der Waals surface area contributed by atoms with E-state index >= 15 is 0 Å². The maximum Gasteiger partial charge on any atom is 0.197 e. The van der Waals surface area contributed by atoms with Crippen molar-refractivity contribution >= 4 is 5.78 Å². The monoisotopic (exact) mass is 183 g/mol. The quantitative estimate of drug-likeness (QED) is 0.655. The second-order valence-corrected chi connectivity index (χ2v) is 3.23. The topological polar surface area (TPSA) is 52.3 Å². The van der Waals surface area contributed by atoms with Crippen molar-refractivity contribution in [2.24, 2.45) is 5.73 Å². The fourth-order valence-corrected chi connectivity index (χ4v) is 1.30. The zero-order valence-electron chi connectivity index (χ0n) is 7.92. The highest BCUT2D eigenvalue weighted by Crippen LogP contribution is 2.13. The van der Waals surface area contributed by atoms with Crippen LogP contribution in [0.15, 0.2) is 11.8 Å². The molecule has 0 amide bonds. The normalized spacial score (nSPS) is 16.2. The van der Waals surface area contributed by atoms with Crippen LogP contribution < -0.4 is 5.73 Å². The molecule has 0 saturated carbocycles. The van der Waals surface area contributed by atoms with Crippen molar-refractivity contribution in [3.05, 3.63) is 11.8 Å². The third-order valence-electron chi connectivity index (χ3n) is 2.07. The molecule has 74 valence electrons. The van der Waals surface area contributed by atoms with Gasteiger partial charge in [-0.15, -0.1) is 0 Å². The molecule has 0 bridgehead atoms. The van der Waals surface area contributed by atoms with Gasteiger partial charge in [-0.05, 0) is 38.3 Å². The predicted octanol–water partition coefficient (Wildman–Crippen LogP) is 1.38. The molecule has 0 aromatic heterocycles. The minimum atomic E-state index is 0.133. The molecule has 0 aliphatic carbocycles. The summed E-state index contributed by atoms with van der Waals surface area (Å²) in [6.45, 7) is 1.35. The number of carbonyl (C=O) groups excluding carboxylic acids is 1. The summed E-state index contributed by atoms with van der Waals surface area (Å²) < 4.78 is 5.25. The number of carbonyl (C=O) groups is 1. The summed E-state index contributed by atoms with van der Waals surface area (Å²) in [6.07, 6.45) is 6.25. The maximum atomic E-state index is 11.4. The largest absolute Gasteiger partial charge is 0.490 e. The van der Waals surface area contributed by atoms with E-state index in [2.05, 4.69) is 0 Å². The number of ketones is 1. The van der Waals surface area contributed by atoms with Gasteiger partial charge in [-0.1, -0.05) is 0 Å². The Morgan fingerprint density at radius 2 is 2.38 bits per heavy atom.